The average Bonchev–Trinajstić information content (AvgIpc) is 2.22. The van der Waals surface area contributed by atoms with E-state index in [1.54, 1.807) is 0 Å². The Kier molecular flexibility index (Phi) is 7.71. The maximum atomic E-state index is 5.79. The van der Waals surface area contributed by atoms with Crippen LogP contribution in [-0.4, -0.2) is 6.04 Å². The summed E-state index contributed by atoms with van der Waals surface area (Å²) in [6.07, 6.45) is 10.1. The van der Waals surface area contributed by atoms with Crippen molar-refractivity contribution in [3.8, 4) is 0 Å². The van der Waals surface area contributed by atoms with Gasteiger partial charge in [-0.15, -0.1) is 19.7 Å². The molecule has 1 atom stereocenters. The number of hydrogen-bond acceptors (Lipinski definition) is 1. The molecule has 0 radical (unpaired) electrons. The van der Waals surface area contributed by atoms with E-state index in [4.69, 9.17) is 5.73 Å². The Labute approximate surface area is 82.7 Å². The minimum absolute atomic E-state index is 0.234. The maximum absolute atomic E-state index is 5.79. The van der Waals surface area contributed by atoms with Crippen LogP contribution in [0.2, 0.25) is 0 Å². The molecule has 0 saturated heterocycles. The van der Waals surface area contributed by atoms with Gasteiger partial charge in [-0.3, -0.25) is 0 Å². The van der Waals surface area contributed by atoms with Crippen LogP contribution in [0.15, 0.2) is 25.8 Å². The smallest absolute Gasteiger partial charge is 0.0223 e. The first-order chi connectivity index (χ1) is 6.33. The summed E-state index contributed by atoms with van der Waals surface area (Å²) in [7, 11) is 0. The summed E-state index contributed by atoms with van der Waals surface area (Å²) in [5.74, 6) is 0.886. The summed E-state index contributed by atoms with van der Waals surface area (Å²) in [5, 5.41) is 0. The minimum Gasteiger partial charge on any atom is -0.324 e. The summed E-state index contributed by atoms with van der Waals surface area (Å²) in [5.41, 5.74) is 5.79. The van der Waals surface area contributed by atoms with Gasteiger partial charge in [0.1, 0.15) is 0 Å². The highest BCUT2D eigenvalue weighted by Gasteiger charge is 2.14. The zero-order chi connectivity index (χ0) is 10.1. The molecule has 1 heteroatoms. The molecule has 0 aliphatic heterocycles. The van der Waals surface area contributed by atoms with Gasteiger partial charge >= 0.3 is 0 Å². The van der Waals surface area contributed by atoms with E-state index < -0.39 is 0 Å². The van der Waals surface area contributed by atoms with Crippen LogP contribution in [-0.2, 0) is 0 Å². The molecule has 0 bridgehead atoms. The SMILES string of the molecule is C=C.C=CC(N)CC1CCCCC1. The standard InChI is InChI=1S/C10H19N.C2H4/c1-2-10(11)8-9-6-4-3-5-7-9;1-2/h2,9-10H,1,3-8,11H2;1-2H2. The first-order valence-corrected chi connectivity index (χ1v) is 5.21. The van der Waals surface area contributed by atoms with Crippen molar-refractivity contribution < 1.29 is 0 Å². The molecule has 1 fully saturated rings. The Morgan fingerprint density at radius 2 is 1.77 bits per heavy atom. The summed E-state index contributed by atoms with van der Waals surface area (Å²) < 4.78 is 0. The van der Waals surface area contributed by atoms with Gasteiger partial charge in [-0.2, -0.15) is 0 Å². The van der Waals surface area contributed by atoms with Crippen LogP contribution < -0.4 is 5.73 Å². The average molecular weight is 181 g/mol. The molecule has 1 rings (SSSR count). The van der Waals surface area contributed by atoms with E-state index in [-0.39, 0.29) is 6.04 Å². The van der Waals surface area contributed by atoms with E-state index >= 15 is 0 Å². The molecular formula is C12H23N. The molecule has 0 aromatic carbocycles. The molecule has 0 amide bonds. The van der Waals surface area contributed by atoms with Gasteiger partial charge in [-0.25, -0.2) is 0 Å². The second-order valence-corrected chi connectivity index (χ2v) is 3.64. The highest BCUT2D eigenvalue weighted by Crippen LogP contribution is 2.26. The van der Waals surface area contributed by atoms with Crippen LogP contribution in [0, 0.1) is 5.92 Å². The number of nitrogens with two attached hydrogens (primary N) is 1. The van der Waals surface area contributed by atoms with Crippen LogP contribution in [0.5, 0.6) is 0 Å². The molecule has 1 aliphatic carbocycles. The molecule has 1 aliphatic rings. The van der Waals surface area contributed by atoms with Crippen LogP contribution >= 0.6 is 0 Å². The van der Waals surface area contributed by atoms with Crippen molar-refractivity contribution in [3.05, 3.63) is 25.8 Å². The highest BCUT2D eigenvalue weighted by molar-refractivity contribution is 4.84. The fourth-order valence-electron chi connectivity index (χ4n) is 1.90. The van der Waals surface area contributed by atoms with Crippen molar-refractivity contribution in [2.75, 3.05) is 0 Å². The van der Waals surface area contributed by atoms with Gasteiger partial charge in [-0.1, -0.05) is 38.2 Å². The van der Waals surface area contributed by atoms with Crippen molar-refractivity contribution in [1.29, 1.82) is 0 Å². The molecule has 1 nitrogen and oxygen atoms in total. The van der Waals surface area contributed by atoms with Crippen molar-refractivity contribution in [1.82, 2.24) is 0 Å². The third-order valence-corrected chi connectivity index (χ3v) is 2.63. The van der Waals surface area contributed by atoms with Crippen molar-refractivity contribution in [2.45, 2.75) is 44.6 Å². The van der Waals surface area contributed by atoms with Crippen LogP contribution in [0.3, 0.4) is 0 Å². The molecule has 0 aromatic heterocycles. The molecule has 76 valence electrons. The number of rotatable bonds is 3. The predicted octanol–water partition coefficient (Wildman–Crippen LogP) is 3.27. The molecule has 0 spiro atoms. The van der Waals surface area contributed by atoms with Gasteiger partial charge < -0.3 is 5.73 Å². The zero-order valence-electron chi connectivity index (χ0n) is 8.67. The summed E-state index contributed by atoms with van der Waals surface area (Å²) >= 11 is 0. The second kappa shape index (κ2) is 8.06. The minimum atomic E-state index is 0.234. The molecule has 1 saturated carbocycles. The van der Waals surface area contributed by atoms with Gasteiger partial charge in [0.05, 0.1) is 0 Å². The lowest BCUT2D eigenvalue weighted by molar-refractivity contribution is 0.330. The van der Waals surface area contributed by atoms with Crippen LogP contribution in [0.4, 0.5) is 0 Å². The summed E-state index contributed by atoms with van der Waals surface area (Å²) in [6.45, 7) is 9.70. The molecular weight excluding hydrogens is 158 g/mol. The van der Waals surface area contributed by atoms with E-state index in [0.717, 1.165) is 12.3 Å². The van der Waals surface area contributed by atoms with Gasteiger partial charge in [-0.05, 0) is 12.3 Å². The first kappa shape index (κ1) is 12.4. The monoisotopic (exact) mass is 181 g/mol. The van der Waals surface area contributed by atoms with E-state index in [0.29, 0.717) is 0 Å². The van der Waals surface area contributed by atoms with Crippen LogP contribution in [0.1, 0.15) is 38.5 Å². The molecule has 13 heavy (non-hydrogen) atoms. The Morgan fingerprint density at radius 1 is 1.23 bits per heavy atom. The molecule has 0 aromatic rings. The largest absolute Gasteiger partial charge is 0.324 e. The molecule has 0 heterocycles. The lowest BCUT2D eigenvalue weighted by Crippen LogP contribution is -2.22. The fraction of sp³-hybridized carbons (Fsp3) is 0.667. The Bertz CT molecular complexity index is 125. The number of hydrogen-bond donors (Lipinski definition) is 1. The van der Waals surface area contributed by atoms with E-state index in [9.17, 15) is 0 Å². The molecule has 1 unspecified atom stereocenters. The van der Waals surface area contributed by atoms with Crippen molar-refractivity contribution in [2.24, 2.45) is 11.7 Å². The first-order valence-electron chi connectivity index (χ1n) is 5.21. The summed E-state index contributed by atoms with van der Waals surface area (Å²) in [4.78, 5) is 0. The normalized spacial score (nSPS) is 19.8. The van der Waals surface area contributed by atoms with Gasteiger partial charge in [0.2, 0.25) is 0 Å². The van der Waals surface area contributed by atoms with E-state index in [2.05, 4.69) is 19.7 Å². The van der Waals surface area contributed by atoms with Gasteiger partial charge in [0.25, 0.3) is 0 Å². The van der Waals surface area contributed by atoms with Gasteiger partial charge in [0.15, 0.2) is 0 Å². The lowest BCUT2D eigenvalue weighted by atomic mass is 9.85. The third kappa shape index (κ3) is 5.64. The Hall–Kier alpha value is -0.560. The fourth-order valence-corrected chi connectivity index (χ4v) is 1.90. The van der Waals surface area contributed by atoms with E-state index in [1.165, 1.54) is 32.1 Å². The predicted molar refractivity (Wildman–Crippen MR) is 60.6 cm³/mol. The van der Waals surface area contributed by atoms with E-state index in [1.807, 2.05) is 6.08 Å². The lowest BCUT2D eigenvalue weighted by Gasteiger charge is -2.22. The highest BCUT2D eigenvalue weighted by atomic mass is 14.6. The topological polar surface area (TPSA) is 26.0 Å². The summed E-state index contributed by atoms with van der Waals surface area (Å²) in [6, 6.07) is 0.234. The maximum Gasteiger partial charge on any atom is 0.0223 e. The van der Waals surface area contributed by atoms with Gasteiger partial charge in [0, 0.05) is 6.04 Å². The van der Waals surface area contributed by atoms with Crippen LogP contribution in [0.25, 0.3) is 0 Å². The quantitative estimate of drug-likeness (QED) is 0.664. The van der Waals surface area contributed by atoms with Crippen molar-refractivity contribution >= 4 is 0 Å². The Morgan fingerprint density at radius 3 is 2.23 bits per heavy atom. The third-order valence-electron chi connectivity index (χ3n) is 2.63. The Balaban J connectivity index is 0.000000671. The molecule has 2 N–H and O–H groups in total. The second-order valence-electron chi connectivity index (χ2n) is 3.64. The zero-order valence-corrected chi connectivity index (χ0v) is 8.67. The van der Waals surface area contributed by atoms with Crippen molar-refractivity contribution in [3.63, 3.8) is 0 Å².